The lowest BCUT2D eigenvalue weighted by Crippen LogP contribution is -2.54. The molecule has 12 nitrogen and oxygen atoms in total. The Balaban J connectivity index is 1.67. The number of hydrogen-bond acceptors (Lipinski definition) is 10. The molecule has 1 atom stereocenters. The molecule has 1 saturated heterocycles. The summed E-state index contributed by atoms with van der Waals surface area (Å²) in [6.45, 7) is 6.39. The second-order valence-electron chi connectivity index (χ2n) is 11.2. The first-order chi connectivity index (χ1) is 21.0. The van der Waals surface area contributed by atoms with Gasteiger partial charge in [0, 0.05) is 55.8 Å². The predicted octanol–water partition coefficient (Wildman–Crippen LogP) is 2.85. The van der Waals surface area contributed by atoms with Crippen molar-refractivity contribution in [2.24, 2.45) is 0 Å². The summed E-state index contributed by atoms with van der Waals surface area (Å²) in [6.07, 6.45) is 7.68. The van der Waals surface area contributed by atoms with E-state index in [1.54, 1.807) is 17.0 Å². The van der Waals surface area contributed by atoms with Gasteiger partial charge in [-0.25, -0.2) is 32.1 Å². The Labute approximate surface area is 253 Å². The fourth-order valence-corrected chi connectivity index (χ4v) is 6.75. The number of hydrogen-bond donors (Lipinski definition) is 1. The maximum absolute atomic E-state index is 16.0. The molecule has 4 aromatic heterocycles. The Bertz CT molecular complexity index is 1990. The van der Waals surface area contributed by atoms with Crippen molar-refractivity contribution in [3.05, 3.63) is 71.3 Å². The van der Waals surface area contributed by atoms with Gasteiger partial charge in [-0.3, -0.25) is 9.78 Å². The molecule has 14 heteroatoms. The SMILES string of the molecule is C=CC(=O)N1CCN(c2nc(=O)n(-c3c(S(C)(=O)=O)ccnc3C3CCC3)c3nc(-c4cccnc4N)c(F)cc23)[C@@H](C)C1. The number of halogens is 1. The second kappa shape index (κ2) is 11.1. The first-order valence-electron chi connectivity index (χ1n) is 14.2. The van der Waals surface area contributed by atoms with Crippen LogP contribution < -0.4 is 16.3 Å². The summed E-state index contributed by atoms with van der Waals surface area (Å²) in [6, 6.07) is 5.43. The molecule has 2 fully saturated rings. The number of nitrogens with zero attached hydrogens (tertiary/aromatic N) is 7. The van der Waals surface area contributed by atoms with E-state index in [0.29, 0.717) is 25.3 Å². The quantitative estimate of drug-likeness (QED) is 0.319. The van der Waals surface area contributed by atoms with Crippen molar-refractivity contribution in [2.75, 3.05) is 36.5 Å². The van der Waals surface area contributed by atoms with Crippen LogP contribution in [0.4, 0.5) is 16.0 Å². The van der Waals surface area contributed by atoms with Gasteiger partial charge in [0.15, 0.2) is 21.3 Å². The average Bonchev–Trinajstić information content (AvgIpc) is 2.95. The number of sulfone groups is 1. The van der Waals surface area contributed by atoms with E-state index in [1.807, 2.05) is 11.8 Å². The van der Waals surface area contributed by atoms with Crippen LogP contribution >= 0.6 is 0 Å². The first-order valence-corrected chi connectivity index (χ1v) is 16.1. The Morgan fingerprint density at radius 3 is 2.57 bits per heavy atom. The van der Waals surface area contributed by atoms with Gasteiger partial charge >= 0.3 is 5.69 Å². The number of anilines is 2. The summed E-state index contributed by atoms with van der Waals surface area (Å²) in [4.78, 5) is 47.4. The highest BCUT2D eigenvalue weighted by atomic mass is 32.2. The van der Waals surface area contributed by atoms with Crippen molar-refractivity contribution in [1.82, 2.24) is 29.4 Å². The molecule has 2 aliphatic rings. The summed E-state index contributed by atoms with van der Waals surface area (Å²) >= 11 is 0. The van der Waals surface area contributed by atoms with Gasteiger partial charge in [0.25, 0.3) is 0 Å². The molecule has 1 aliphatic carbocycles. The summed E-state index contributed by atoms with van der Waals surface area (Å²) in [7, 11) is -3.86. The van der Waals surface area contributed by atoms with Crippen LogP contribution in [0.3, 0.4) is 0 Å². The van der Waals surface area contributed by atoms with Crippen molar-refractivity contribution in [2.45, 2.75) is 43.0 Å². The van der Waals surface area contributed by atoms with E-state index in [2.05, 4.69) is 26.5 Å². The van der Waals surface area contributed by atoms with Gasteiger partial charge in [0.05, 0.1) is 21.7 Å². The maximum Gasteiger partial charge on any atom is 0.355 e. The predicted molar refractivity (Wildman–Crippen MR) is 164 cm³/mol. The van der Waals surface area contributed by atoms with Crippen molar-refractivity contribution >= 4 is 38.4 Å². The zero-order valence-corrected chi connectivity index (χ0v) is 25.1. The van der Waals surface area contributed by atoms with Crippen LogP contribution in [0.15, 0.2) is 59.0 Å². The molecule has 2 N–H and O–H groups in total. The lowest BCUT2D eigenvalue weighted by molar-refractivity contribution is -0.126. The van der Waals surface area contributed by atoms with Gasteiger partial charge in [-0.15, -0.1) is 0 Å². The molecule has 44 heavy (non-hydrogen) atoms. The number of pyridine rings is 3. The fraction of sp³-hybridized carbons (Fsp3) is 0.333. The fourth-order valence-electron chi connectivity index (χ4n) is 5.89. The number of carbonyl (C=O) groups is 1. The molecule has 1 saturated carbocycles. The van der Waals surface area contributed by atoms with Crippen LogP contribution in [0, 0.1) is 5.82 Å². The highest BCUT2D eigenvalue weighted by Crippen LogP contribution is 2.41. The van der Waals surface area contributed by atoms with Crippen molar-refractivity contribution in [3.8, 4) is 16.9 Å². The third-order valence-electron chi connectivity index (χ3n) is 8.31. The number of rotatable bonds is 6. The molecular formula is C30H31FN8O4S. The zero-order valence-electron chi connectivity index (χ0n) is 24.3. The summed E-state index contributed by atoms with van der Waals surface area (Å²) in [5.41, 5.74) is 5.85. The van der Waals surface area contributed by atoms with E-state index in [0.717, 1.165) is 30.1 Å². The van der Waals surface area contributed by atoms with Crippen molar-refractivity contribution < 1.29 is 17.6 Å². The highest BCUT2D eigenvalue weighted by Gasteiger charge is 2.33. The number of nitrogens with two attached hydrogens (primary N) is 1. The van der Waals surface area contributed by atoms with E-state index < -0.39 is 21.3 Å². The van der Waals surface area contributed by atoms with Crippen molar-refractivity contribution in [1.29, 1.82) is 0 Å². The number of fused-ring (bicyclic) bond motifs is 1. The number of aromatic nitrogens is 5. The monoisotopic (exact) mass is 618 g/mol. The molecule has 4 aromatic rings. The third-order valence-corrected chi connectivity index (χ3v) is 9.44. The van der Waals surface area contributed by atoms with Gasteiger partial charge < -0.3 is 15.5 Å². The van der Waals surface area contributed by atoms with E-state index in [9.17, 15) is 18.0 Å². The van der Waals surface area contributed by atoms with Crippen LogP contribution in [0.25, 0.3) is 28.0 Å². The molecule has 6 rings (SSSR count). The van der Waals surface area contributed by atoms with Gasteiger partial charge in [-0.2, -0.15) is 4.98 Å². The van der Waals surface area contributed by atoms with Crippen molar-refractivity contribution in [3.63, 3.8) is 0 Å². The van der Waals surface area contributed by atoms with Gasteiger partial charge in [-0.1, -0.05) is 13.0 Å². The summed E-state index contributed by atoms with van der Waals surface area (Å²) in [5.74, 6) is -0.812. The molecule has 5 heterocycles. The molecule has 0 spiro atoms. The number of piperazine rings is 1. The normalized spacial score (nSPS) is 17.5. The van der Waals surface area contributed by atoms with Crippen LogP contribution in [0.1, 0.15) is 37.8 Å². The van der Waals surface area contributed by atoms with E-state index in [4.69, 9.17) is 5.73 Å². The smallest absolute Gasteiger partial charge is 0.355 e. The topological polar surface area (TPSA) is 157 Å². The Hall–Kier alpha value is -4.72. The number of carbonyl (C=O) groups excluding carboxylic acids is 1. The average molecular weight is 619 g/mol. The molecule has 1 aliphatic heterocycles. The Morgan fingerprint density at radius 2 is 1.93 bits per heavy atom. The number of amides is 1. The highest BCUT2D eigenvalue weighted by molar-refractivity contribution is 7.90. The van der Waals surface area contributed by atoms with E-state index >= 15 is 4.39 Å². The van der Waals surface area contributed by atoms with Crippen LogP contribution in [-0.4, -0.2) is 75.7 Å². The second-order valence-corrected chi connectivity index (χ2v) is 13.1. The Kier molecular flexibility index (Phi) is 7.40. The molecular weight excluding hydrogens is 587 g/mol. The Morgan fingerprint density at radius 1 is 1.16 bits per heavy atom. The van der Waals surface area contributed by atoms with E-state index in [1.165, 1.54) is 30.6 Å². The van der Waals surface area contributed by atoms with Crippen LogP contribution in [-0.2, 0) is 14.6 Å². The standard InChI is InChI=1S/C30H31FN8O4S/c1-4-23(40)37-13-14-38(17(2)16-37)28-20-15-21(31)25(19-9-6-11-34-27(19)32)35-29(20)39(30(41)36-28)26-22(44(3,42)43)10-12-33-24(26)18-7-5-8-18/h4,6,9-12,15,17-18H,1,5,7-8,13-14,16H2,2-3H3,(H2,32,34)/t17-/m0/s1. The minimum Gasteiger partial charge on any atom is -0.383 e. The maximum atomic E-state index is 16.0. The molecule has 228 valence electrons. The summed E-state index contributed by atoms with van der Waals surface area (Å²) in [5, 5.41) is 0.187. The molecule has 1 amide bonds. The third kappa shape index (κ3) is 4.98. The molecule has 0 radical (unpaired) electrons. The molecule has 0 bridgehead atoms. The lowest BCUT2D eigenvalue weighted by atomic mass is 9.82. The summed E-state index contributed by atoms with van der Waals surface area (Å²) < 4.78 is 43.3. The minimum atomic E-state index is -3.86. The first kappa shape index (κ1) is 29.4. The minimum absolute atomic E-state index is 0.00470. The van der Waals surface area contributed by atoms with Gasteiger partial charge in [0.2, 0.25) is 5.91 Å². The van der Waals surface area contributed by atoms with Gasteiger partial charge in [0.1, 0.15) is 17.3 Å². The lowest BCUT2D eigenvalue weighted by Gasteiger charge is -2.40. The zero-order chi connectivity index (χ0) is 31.3. The largest absolute Gasteiger partial charge is 0.383 e. The van der Waals surface area contributed by atoms with Crippen LogP contribution in [0.5, 0.6) is 0 Å². The van der Waals surface area contributed by atoms with E-state index in [-0.39, 0.29) is 62.4 Å². The van der Waals surface area contributed by atoms with Crippen LogP contribution in [0.2, 0.25) is 0 Å². The molecule has 0 unspecified atom stereocenters. The van der Waals surface area contributed by atoms with Gasteiger partial charge in [-0.05, 0) is 50.1 Å². The molecule has 0 aromatic carbocycles. The number of nitrogen functional groups attached to an aromatic ring is 1.